The number of amides is 1. The number of aromatic nitrogens is 1. The van der Waals surface area contributed by atoms with Crippen LogP contribution in [0.15, 0.2) is 35.4 Å². The zero-order valence-corrected chi connectivity index (χ0v) is 14.8. The molecule has 0 saturated carbocycles. The van der Waals surface area contributed by atoms with E-state index in [9.17, 15) is 14.7 Å². The number of rotatable bonds is 7. The molecule has 0 saturated heterocycles. The summed E-state index contributed by atoms with van der Waals surface area (Å²) in [4.78, 5) is 27.5. The van der Waals surface area contributed by atoms with Gasteiger partial charge in [-0.05, 0) is 36.8 Å². The van der Waals surface area contributed by atoms with Gasteiger partial charge in [0.2, 0.25) is 5.91 Å². The van der Waals surface area contributed by atoms with E-state index in [4.69, 9.17) is 10.4 Å². The molecule has 0 aliphatic heterocycles. The molecule has 26 heavy (non-hydrogen) atoms. The van der Waals surface area contributed by atoms with E-state index in [0.29, 0.717) is 10.6 Å². The number of carbonyl (C=O) groups is 2. The first-order valence-electron chi connectivity index (χ1n) is 7.83. The van der Waals surface area contributed by atoms with Crippen LogP contribution in [0.1, 0.15) is 35.0 Å². The molecule has 1 amide bonds. The number of aromatic carboxylic acids is 1. The molecule has 0 fully saturated rings. The van der Waals surface area contributed by atoms with Gasteiger partial charge in [-0.1, -0.05) is 25.1 Å². The number of carboxylic acids is 1. The van der Waals surface area contributed by atoms with Crippen LogP contribution < -0.4 is 5.32 Å². The van der Waals surface area contributed by atoms with Crippen molar-refractivity contribution in [3.8, 4) is 11.8 Å². The maximum atomic E-state index is 12.1. The Morgan fingerprint density at radius 2 is 2.08 bits per heavy atom. The number of pyridine rings is 1. The molecule has 0 radical (unpaired) electrons. The van der Waals surface area contributed by atoms with E-state index in [-0.39, 0.29) is 28.7 Å². The number of nitriles is 1. The molecule has 1 aromatic carbocycles. The summed E-state index contributed by atoms with van der Waals surface area (Å²) in [5.74, 6) is -2.02. The molecule has 0 aliphatic rings. The molecule has 0 atom stereocenters. The van der Waals surface area contributed by atoms with Gasteiger partial charge in [0.1, 0.15) is 22.4 Å². The van der Waals surface area contributed by atoms with Gasteiger partial charge in [-0.2, -0.15) is 5.26 Å². The van der Waals surface area contributed by atoms with Crippen molar-refractivity contribution < 1.29 is 19.8 Å². The van der Waals surface area contributed by atoms with Crippen LogP contribution in [0.25, 0.3) is 0 Å². The number of carboxylic acid groups (broad SMARTS) is 1. The Kier molecular flexibility index (Phi) is 6.58. The molecule has 2 rings (SSSR count). The van der Waals surface area contributed by atoms with Crippen LogP contribution in [0.2, 0.25) is 0 Å². The van der Waals surface area contributed by atoms with Crippen molar-refractivity contribution in [2.45, 2.75) is 24.8 Å². The molecule has 0 bridgehead atoms. The second kappa shape index (κ2) is 8.87. The molecule has 3 N–H and O–H groups in total. The van der Waals surface area contributed by atoms with Gasteiger partial charge in [0.05, 0.1) is 11.3 Å². The molecule has 134 valence electrons. The first-order valence-corrected chi connectivity index (χ1v) is 8.82. The Labute approximate surface area is 154 Å². The summed E-state index contributed by atoms with van der Waals surface area (Å²) in [6, 6.07) is 9.34. The topological polar surface area (TPSA) is 123 Å². The number of carbonyl (C=O) groups excluding carboxylic acids is 1. The third-order valence-electron chi connectivity index (χ3n) is 3.40. The standard InChI is InChI=1S/C18H17N3O4S/c1-2-3-12-5-4-11(9-19)17(21-12)26-10-16(23)20-13-6-7-15(22)14(8-13)18(24)25/h4-8,22H,2-3,10H2,1H3,(H,20,23)(H,24,25). The van der Waals surface area contributed by atoms with Crippen LogP contribution >= 0.6 is 11.8 Å². The van der Waals surface area contributed by atoms with E-state index < -0.39 is 5.97 Å². The van der Waals surface area contributed by atoms with E-state index in [2.05, 4.69) is 16.4 Å². The zero-order valence-electron chi connectivity index (χ0n) is 14.0. The number of hydrogen-bond donors (Lipinski definition) is 3. The molecule has 0 spiro atoms. The number of hydrogen-bond acceptors (Lipinski definition) is 6. The van der Waals surface area contributed by atoms with Crippen LogP contribution in [0.4, 0.5) is 5.69 Å². The fourth-order valence-electron chi connectivity index (χ4n) is 2.19. The minimum absolute atomic E-state index is 0.0144. The fourth-order valence-corrected chi connectivity index (χ4v) is 2.98. The molecule has 7 nitrogen and oxygen atoms in total. The average molecular weight is 371 g/mol. The fraction of sp³-hybridized carbons (Fsp3) is 0.222. The Hall–Kier alpha value is -3.05. The lowest BCUT2D eigenvalue weighted by atomic mass is 10.2. The third kappa shape index (κ3) is 4.97. The first-order chi connectivity index (χ1) is 12.4. The van der Waals surface area contributed by atoms with Crippen LogP contribution in [-0.2, 0) is 11.2 Å². The van der Waals surface area contributed by atoms with Gasteiger partial charge in [-0.15, -0.1) is 0 Å². The molecule has 2 aromatic rings. The van der Waals surface area contributed by atoms with Gasteiger partial charge in [0.15, 0.2) is 0 Å². The van der Waals surface area contributed by atoms with Crippen molar-refractivity contribution >= 4 is 29.3 Å². The molecule has 0 unspecified atom stereocenters. The predicted molar refractivity (Wildman–Crippen MR) is 97.4 cm³/mol. The SMILES string of the molecule is CCCc1ccc(C#N)c(SCC(=O)Nc2ccc(O)c(C(=O)O)c2)n1. The minimum Gasteiger partial charge on any atom is -0.507 e. The van der Waals surface area contributed by atoms with Crippen LogP contribution in [0.3, 0.4) is 0 Å². The molecule has 8 heteroatoms. The quantitative estimate of drug-likeness (QED) is 0.505. The molecule has 0 aliphatic carbocycles. The second-order valence-electron chi connectivity index (χ2n) is 5.39. The van der Waals surface area contributed by atoms with E-state index >= 15 is 0 Å². The number of nitrogens with zero attached hydrogens (tertiary/aromatic N) is 2. The van der Waals surface area contributed by atoms with Crippen molar-refractivity contribution in [2.24, 2.45) is 0 Å². The Bertz CT molecular complexity index is 877. The highest BCUT2D eigenvalue weighted by molar-refractivity contribution is 8.00. The second-order valence-corrected chi connectivity index (χ2v) is 6.36. The van der Waals surface area contributed by atoms with Gasteiger partial charge >= 0.3 is 5.97 Å². The summed E-state index contributed by atoms with van der Waals surface area (Å²) in [5, 5.41) is 30.7. The van der Waals surface area contributed by atoms with E-state index in [1.807, 2.05) is 6.92 Å². The molecular weight excluding hydrogens is 354 g/mol. The van der Waals surface area contributed by atoms with Gasteiger partial charge in [0, 0.05) is 11.4 Å². The van der Waals surface area contributed by atoms with Gasteiger partial charge in [0.25, 0.3) is 0 Å². The summed E-state index contributed by atoms with van der Waals surface area (Å²) < 4.78 is 0. The summed E-state index contributed by atoms with van der Waals surface area (Å²) >= 11 is 1.14. The van der Waals surface area contributed by atoms with E-state index in [0.717, 1.165) is 30.3 Å². The molecular formula is C18H17N3O4S. The van der Waals surface area contributed by atoms with Crippen molar-refractivity contribution in [1.29, 1.82) is 5.26 Å². The lowest BCUT2D eigenvalue weighted by Gasteiger charge is -2.08. The van der Waals surface area contributed by atoms with Crippen molar-refractivity contribution in [3.63, 3.8) is 0 Å². The summed E-state index contributed by atoms with van der Waals surface area (Å²) in [7, 11) is 0. The minimum atomic E-state index is -1.29. The third-order valence-corrected chi connectivity index (χ3v) is 4.39. The van der Waals surface area contributed by atoms with Crippen molar-refractivity contribution in [1.82, 2.24) is 4.98 Å². The molecule has 1 aromatic heterocycles. The Balaban J connectivity index is 2.05. The number of benzene rings is 1. The smallest absolute Gasteiger partial charge is 0.339 e. The number of aryl methyl sites for hydroxylation is 1. The van der Waals surface area contributed by atoms with E-state index in [1.54, 1.807) is 12.1 Å². The first kappa shape index (κ1) is 19.3. The largest absolute Gasteiger partial charge is 0.507 e. The molecule has 1 heterocycles. The highest BCUT2D eigenvalue weighted by atomic mass is 32.2. The lowest BCUT2D eigenvalue weighted by Crippen LogP contribution is -2.15. The van der Waals surface area contributed by atoms with Crippen molar-refractivity contribution in [2.75, 3.05) is 11.1 Å². The summed E-state index contributed by atoms with van der Waals surface area (Å²) in [6.45, 7) is 2.03. The maximum Gasteiger partial charge on any atom is 0.339 e. The van der Waals surface area contributed by atoms with E-state index in [1.165, 1.54) is 18.2 Å². The Morgan fingerprint density at radius 1 is 1.31 bits per heavy atom. The highest BCUT2D eigenvalue weighted by Crippen LogP contribution is 2.23. The number of anilines is 1. The highest BCUT2D eigenvalue weighted by Gasteiger charge is 2.13. The average Bonchev–Trinajstić information content (AvgIpc) is 2.62. The van der Waals surface area contributed by atoms with Gasteiger partial charge in [-0.25, -0.2) is 9.78 Å². The Morgan fingerprint density at radius 3 is 2.73 bits per heavy atom. The number of phenols is 1. The number of aromatic hydroxyl groups is 1. The monoisotopic (exact) mass is 371 g/mol. The number of nitrogens with one attached hydrogen (secondary N) is 1. The van der Waals surface area contributed by atoms with Crippen molar-refractivity contribution in [3.05, 3.63) is 47.2 Å². The lowest BCUT2D eigenvalue weighted by molar-refractivity contribution is -0.113. The number of thioether (sulfide) groups is 1. The maximum absolute atomic E-state index is 12.1. The summed E-state index contributed by atoms with van der Waals surface area (Å²) in [6.07, 6.45) is 1.72. The predicted octanol–water partition coefficient (Wildman–Crippen LogP) is 3.04. The summed E-state index contributed by atoms with van der Waals surface area (Å²) in [5.41, 5.74) is 1.23. The van der Waals surface area contributed by atoms with Gasteiger partial charge in [-0.3, -0.25) is 4.79 Å². The van der Waals surface area contributed by atoms with Crippen LogP contribution in [0.5, 0.6) is 5.75 Å². The normalized spacial score (nSPS) is 10.2. The van der Waals surface area contributed by atoms with Gasteiger partial charge < -0.3 is 15.5 Å². The van der Waals surface area contributed by atoms with Crippen LogP contribution in [-0.4, -0.2) is 32.8 Å². The zero-order chi connectivity index (χ0) is 19.1. The van der Waals surface area contributed by atoms with Crippen LogP contribution in [0, 0.1) is 11.3 Å².